The van der Waals surface area contributed by atoms with Crippen LogP contribution < -0.4 is 11.3 Å². The minimum absolute atomic E-state index is 0.0332. The first-order valence-corrected chi connectivity index (χ1v) is 5.87. The number of aromatic nitrogens is 1. The average Bonchev–Trinajstić information content (AvgIpc) is 2.39. The number of hydrogen-bond acceptors (Lipinski definition) is 3. The van der Waals surface area contributed by atoms with Crippen molar-refractivity contribution in [1.29, 1.82) is 0 Å². The first kappa shape index (κ1) is 16.7. The molecule has 0 aliphatic carbocycles. The number of para-hydroxylation sites is 1. The fraction of sp³-hybridized carbons (Fsp3) is 0.231. The van der Waals surface area contributed by atoms with Gasteiger partial charge in [-0.2, -0.15) is 13.2 Å². The molecule has 0 saturated carbocycles. The van der Waals surface area contributed by atoms with Crippen LogP contribution in [0, 0.1) is 0 Å². The second-order valence-electron chi connectivity index (χ2n) is 4.05. The molecule has 2 aromatic rings. The molecule has 5 nitrogen and oxygen atoms in total. The van der Waals surface area contributed by atoms with Crippen molar-refractivity contribution in [2.45, 2.75) is 12.6 Å². The van der Waals surface area contributed by atoms with Crippen LogP contribution in [-0.4, -0.2) is 28.8 Å². The molecule has 1 heterocycles. The average molecular weight is 302 g/mol. The van der Waals surface area contributed by atoms with E-state index in [2.05, 4.69) is 4.98 Å². The van der Waals surface area contributed by atoms with Gasteiger partial charge in [0.25, 0.3) is 5.56 Å². The van der Waals surface area contributed by atoms with E-state index in [-0.39, 0.29) is 5.56 Å². The lowest BCUT2D eigenvalue weighted by Crippen LogP contribution is -2.21. The molecule has 0 radical (unpaired) electrons. The summed E-state index contributed by atoms with van der Waals surface area (Å²) < 4.78 is 31.7. The van der Waals surface area contributed by atoms with E-state index < -0.39 is 12.1 Å². The van der Waals surface area contributed by atoms with Gasteiger partial charge in [0.15, 0.2) is 0 Å². The number of fused-ring (bicyclic) bond motifs is 1. The maximum atomic E-state index is 11.5. The van der Waals surface area contributed by atoms with E-state index in [4.69, 9.17) is 15.6 Å². The second-order valence-corrected chi connectivity index (χ2v) is 4.05. The number of aromatic amines is 1. The summed E-state index contributed by atoms with van der Waals surface area (Å²) in [4.78, 5) is 23.2. The topological polar surface area (TPSA) is 96.2 Å². The number of carboxylic acid groups (broad SMARTS) is 1. The number of hydrogen-bond donors (Lipinski definition) is 3. The van der Waals surface area contributed by atoms with Crippen molar-refractivity contribution in [3.63, 3.8) is 0 Å². The maximum Gasteiger partial charge on any atom is 0.490 e. The van der Waals surface area contributed by atoms with E-state index in [1.807, 2.05) is 30.3 Å². The van der Waals surface area contributed by atoms with Gasteiger partial charge in [-0.15, -0.1) is 0 Å². The monoisotopic (exact) mass is 302 g/mol. The number of alkyl halides is 3. The van der Waals surface area contributed by atoms with Crippen molar-refractivity contribution in [2.75, 3.05) is 6.54 Å². The van der Waals surface area contributed by atoms with E-state index in [0.717, 1.165) is 16.5 Å². The highest BCUT2D eigenvalue weighted by Crippen LogP contribution is 2.13. The Labute approximate surface area is 117 Å². The molecule has 0 fully saturated rings. The van der Waals surface area contributed by atoms with Gasteiger partial charge in [-0.1, -0.05) is 18.2 Å². The zero-order valence-electron chi connectivity index (χ0n) is 10.8. The number of carboxylic acids is 1. The highest BCUT2D eigenvalue weighted by atomic mass is 19.4. The van der Waals surface area contributed by atoms with Crippen molar-refractivity contribution in [3.05, 3.63) is 46.2 Å². The Morgan fingerprint density at radius 1 is 1.29 bits per heavy atom. The first-order chi connectivity index (χ1) is 9.75. The normalized spacial score (nSPS) is 10.9. The Kier molecular flexibility index (Phi) is 5.48. The van der Waals surface area contributed by atoms with E-state index in [1.54, 1.807) is 0 Å². The predicted octanol–water partition coefficient (Wildman–Crippen LogP) is 1.66. The molecule has 2 rings (SSSR count). The van der Waals surface area contributed by atoms with Crippen molar-refractivity contribution in [2.24, 2.45) is 5.73 Å². The molecule has 8 heteroatoms. The number of carbonyl (C=O) groups is 1. The number of aliphatic carboxylic acids is 1. The summed E-state index contributed by atoms with van der Waals surface area (Å²) in [6, 6.07) is 9.63. The van der Waals surface area contributed by atoms with Gasteiger partial charge in [0.2, 0.25) is 0 Å². The van der Waals surface area contributed by atoms with Gasteiger partial charge in [0.05, 0.1) is 0 Å². The van der Waals surface area contributed by atoms with Crippen molar-refractivity contribution in [3.8, 4) is 0 Å². The molecule has 0 bridgehead atoms. The number of pyridine rings is 1. The summed E-state index contributed by atoms with van der Waals surface area (Å²) in [5.74, 6) is -2.76. The third-order valence-corrected chi connectivity index (χ3v) is 2.49. The fourth-order valence-electron chi connectivity index (χ4n) is 1.53. The largest absolute Gasteiger partial charge is 0.490 e. The molecule has 0 aliphatic heterocycles. The number of halogens is 3. The number of benzene rings is 1. The summed E-state index contributed by atoms with van der Waals surface area (Å²) in [5, 5.41) is 8.18. The summed E-state index contributed by atoms with van der Waals surface area (Å²) in [6.45, 7) is 0.501. The van der Waals surface area contributed by atoms with Gasteiger partial charge >= 0.3 is 12.1 Å². The minimum atomic E-state index is -5.08. The Morgan fingerprint density at radius 2 is 1.86 bits per heavy atom. The van der Waals surface area contributed by atoms with Gasteiger partial charge in [0.1, 0.15) is 0 Å². The second kappa shape index (κ2) is 6.89. The predicted molar refractivity (Wildman–Crippen MR) is 71.0 cm³/mol. The Morgan fingerprint density at radius 3 is 2.38 bits per heavy atom. The van der Waals surface area contributed by atoms with Crippen LogP contribution in [0.25, 0.3) is 10.9 Å². The van der Waals surface area contributed by atoms with Gasteiger partial charge in [-0.05, 0) is 30.5 Å². The molecular weight excluding hydrogens is 289 g/mol. The lowest BCUT2D eigenvalue weighted by atomic mass is 10.1. The van der Waals surface area contributed by atoms with Crippen LogP contribution in [0.2, 0.25) is 0 Å². The molecule has 1 aromatic carbocycles. The highest BCUT2D eigenvalue weighted by molar-refractivity contribution is 5.78. The highest BCUT2D eigenvalue weighted by Gasteiger charge is 2.38. The van der Waals surface area contributed by atoms with E-state index in [1.165, 1.54) is 0 Å². The Hall–Kier alpha value is -2.35. The summed E-state index contributed by atoms with van der Waals surface area (Å²) in [7, 11) is 0. The Balaban J connectivity index is 0.000000270. The zero-order valence-corrected chi connectivity index (χ0v) is 10.8. The van der Waals surface area contributed by atoms with E-state index >= 15 is 0 Å². The van der Waals surface area contributed by atoms with Crippen molar-refractivity contribution < 1.29 is 23.1 Å². The molecule has 1 aromatic heterocycles. The van der Waals surface area contributed by atoms with Gasteiger partial charge in [-0.25, -0.2) is 4.79 Å². The van der Waals surface area contributed by atoms with Gasteiger partial charge in [-0.3, -0.25) is 4.79 Å². The first-order valence-electron chi connectivity index (χ1n) is 5.87. The maximum absolute atomic E-state index is 11.5. The van der Waals surface area contributed by atoms with Crippen molar-refractivity contribution in [1.82, 2.24) is 4.98 Å². The fourth-order valence-corrected chi connectivity index (χ4v) is 1.53. The quantitative estimate of drug-likeness (QED) is 0.786. The number of H-pyrrole nitrogens is 1. The number of nitrogens with one attached hydrogen (secondary N) is 1. The molecule has 114 valence electrons. The lowest BCUT2D eigenvalue weighted by molar-refractivity contribution is -0.192. The SMILES string of the molecule is NCCc1cc2ccccc2[nH]c1=O.O=C(O)C(F)(F)F. The standard InChI is InChI=1S/C11H12N2O.C2HF3O2/c12-6-5-9-7-8-3-1-2-4-10(8)13-11(9)14;3-2(4,5)1(6)7/h1-4,7H,5-6,12H2,(H,13,14);(H,6,7). The Bertz CT molecular complexity index is 680. The van der Waals surface area contributed by atoms with Crippen LogP contribution in [0.1, 0.15) is 5.56 Å². The third-order valence-electron chi connectivity index (χ3n) is 2.49. The van der Waals surface area contributed by atoms with Crippen LogP contribution >= 0.6 is 0 Å². The van der Waals surface area contributed by atoms with Crippen molar-refractivity contribution >= 4 is 16.9 Å². The van der Waals surface area contributed by atoms with Crippen LogP contribution in [0.15, 0.2) is 35.1 Å². The van der Waals surface area contributed by atoms with Crippen LogP contribution in [0.3, 0.4) is 0 Å². The molecule has 4 N–H and O–H groups in total. The molecule has 0 atom stereocenters. The molecule has 0 amide bonds. The van der Waals surface area contributed by atoms with Crippen LogP contribution in [0.4, 0.5) is 13.2 Å². The minimum Gasteiger partial charge on any atom is -0.475 e. The molecule has 0 aliphatic rings. The number of nitrogens with two attached hydrogens (primary N) is 1. The lowest BCUT2D eigenvalue weighted by Gasteiger charge is -2.00. The number of rotatable bonds is 2. The molecule has 0 saturated heterocycles. The van der Waals surface area contributed by atoms with Crippen LogP contribution in [0.5, 0.6) is 0 Å². The molecule has 0 unspecified atom stereocenters. The van der Waals surface area contributed by atoms with E-state index in [0.29, 0.717) is 13.0 Å². The van der Waals surface area contributed by atoms with Gasteiger partial charge < -0.3 is 15.8 Å². The molecule has 0 spiro atoms. The zero-order chi connectivity index (χ0) is 16.0. The third kappa shape index (κ3) is 4.92. The van der Waals surface area contributed by atoms with Crippen LogP contribution in [-0.2, 0) is 11.2 Å². The molecule has 21 heavy (non-hydrogen) atoms. The van der Waals surface area contributed by atoms with Gasteiger partial charge in [0, 0.05) is 11.1 Å². The smallest absolute Gasteiger partial charge is 0.475 e. The van der Waals surface area contributed by atoms with E-state index in [9.17, 15) is 18.0 Å². The summed E-state index contributed by atoms with van der Waals surface area (Å²) >= 11 is 0. The summed E-state index contributed by atoms with van der Waals surface area (Å²) in [5.41, 5.74) is 7.02. The summed E-state index contributed by atoms with van der Waals surface area (Å²) in [6.07, 6.45) is -4.46. The molecular formula is C13H13F3N2O3.